The van der Waals surface area contributed by atoms with Gasteiger partial charge in [-0.1, -0.05) is 35.3 Å². The predicted octanol–water partition coefficient (Wildman–Crippen LogP) is 3.78. The van der Waals surface area contributed by atoms with Crippen LogP contribution in [0.25, 0.3) is 0 Å². The van der Waals surface area contributed by atoms with Gasteiger partial charge in [-0.2, -0.15) is 0 Å². The number of aryl methyl sites for hydroxylation is 1. The molecule has 0 unspecified atom stereocenters. The second-order valence-electron chi connectivity index (χ2n) is 5.23. The summed E-state index contributed by atoms with van der Waals surface area (Å²) in [5, 5.41) is 0.941. The van der Waals surface area contributed by atoms with Crippen molar-refractivity contribution in [2.45, 2.75) is 32.2 Å². The number of hydrogen-bond acceptors (Lipinski definition) is 2. The molecule has 104 valence electrons. The Labute approximate surface area is 127 Å². The van der Waals surface area contributed by atoms with Crippen LogP contribution in [0.15, 0.2) is 29.1 Å². The molecule has 1 aromatic heterocycles. The molecule has 0 amide bonds. The number of halogens is 2. The molecular formula is C15H14Cl2N2O. The number of hydrogen-bond donors (Lipinski definition) is 0. The lowest BCUT2D eigenvalue weighted by atomic mass is 10.1. The summed E-state index contributed by atoms with van der Waals surface area (Å²) in [4.78, 5) is 16.5. The van der Waals surface area contributed by atoms with Gasteiger partial charge >= 0.3 is 0 Å². The van der Waals surface area contributed by atoms with Crippen LogP contribution in [0.2, 0.25) is 10.2 Å². The smallest absolute Gasteiger partial charge is 0.255 e. The Kier molecular flexibility index (Phi) is 3.57. The van der Waals surface area contributed by atoms with E-state index in [-0.39, 0.29) is 10.7 Å². The molecular weight excluding hydrogens is 295 g/mol. The van der Waals surface area contributed by atoms with Crippen LogP contribution in [0.3, 0.4) is 0 Å². The fourth-order valence-electron chi connectivity index (χ4n) is 2.26. The van der Waals surface area contributed by atoms with Crippen LogP contribution in [0.5, 0.6) is 0 Å². The van der Waals surface area contributed by atoms with Crippen LogP contribution in [0.1, 0.15) is 35.7 Å². The van der Waals surface area contributed by atoms with Crippen molar-refractivity contribution in [2.75, 3.05) is 0 Å². The Morgan fingerprint density at radius 3 is 2.70 bits per heavy atom. The number of nitrogens with zero attached hydrogens (tertiary/aromatic N) is 2. The van der Waals surface area contributed by atoms with Crippen molar-refractivity contribution in [1.29, 1.82) is 0 Å². The van der Waals surface area contributed by atoms with E-state index < -0.39 is 0 Å². The lowest BCUT2D eigenvalue weighted by molar-refractivity contribution is 0.669. The monoisotopic (exact) mass is 308 g/mol. The van der Waals surface area contributed by atoms with Gasteiger partial charge in [0.15, 0.2) is 0 Å². The average molecular weight is 309 g/mol. The molecule has 1 aliphatic rings. The molecule has 1 saturated carbocycles. The first-order valence-corrected chi connectivity index (χ1v) is 7.32. The Morgan fingerprint density at radius 2 is 2.05 bits per heavy atom. The van der Waals surface area contributed by atoms with E-state index in [1.807, 2.05) is 25.1 Å². The van der Waals surface area contributed by atoms with E-state index in [2.05, 4.69) is 4.98 Å². The molecule has 0 aliphatic heterocycles. The van der Waals surface area contributed by atoms with Crippen LogP contribution in [-0.4, -0.2) is 9.55 Å². The van der Waals surface area contributed by atoms with Gasteiger partial charge in [-0.15, -0.1) is 0 Å². The van der Waals surface area contributed by atoms with Gasteiger partial charge in [0.25, 0.3) is 5.56 Å². The van der Waals surface area contributed by atoms with Crippen molar-refractivity contribution in [3.63, 3.8) is 0 Å². The van der Waals surface area contributed by atoms with Gasteiger partial charge in [-0.25, -0.2) is 4.98 Å². The standard InChI is InChI=1S/C15H14Cl2N2O/c1-9-2-3-11(12(16)6-9)8-19-14(20)7-13(17)18-15(19)10-4-5-10/h2-3,6-7,10H,4-5,8H2,1H3. The molecule has 2 aromatic rings. The molecule has 0 N–H and O–H groups in total. The molecule has 1 aliphatic carbocycles. The highest BCUT2D eigenvalue weighted by Crippen LogP contribution is 2.39. The van der Waals surface area contributed by atoms with Gasteiger partial charge in [-0.05, 0) is 37.0 Å². The summed E-state index contributed by atoms with van der Waals surface area (Å²) in [6.45, 7) is 2.43. The van der Waals surface area contributed by atoms with E-state index in [4.69, 9.17) is 23.2 Å². The lowest BCUT2D eigenvalue weighted by Crippen LogP contribution is -2.24. The average Bonchev–Trinajstić information content (AvgIpc) is 3.19. The highest BCUT2D eigenvalue weighted by Gasteiger charge is 2.29. The maximum absolute atomic E-state index is 12.2. The largest absolute Gasteiger partial charge is 0.292 e. The Bertz CT molecular complexity index is 720. The van der Waals surface area contributed by atoms with Gasteiger partial charge in [-0.3, -0.25) is 9.36 Å². The summed E-state index contributed by atoms with van der Waals surface area (Å²) >= 11 is 12.1. The summed E-state index contributed by atoms with van der Waals surface area (Å²) in [6.07, 6.45) is 2.13. The zero-order valence-electron chi connectivity index (χ0n) is 11.1. The normalized spacial score (nSPS) is 14.6. The molecule has 20 heavy (non-hydrogen) atoms. The maximum Gasteiger partial charge on any atom is 0.255 e. The minimum absolute atomic E-state index is 0.122. The molecule has 3 rings (SSSR count). The van der Waals surface area contributed by atoms with E-state index in [1.54, 1.807) is 4.57 Å². The summed E-state index contributed by atoms with van der Waals surface area (Å²) in [5.41, 5.74) is 1.90. The van der Waals surface area contributed by atoms with Crippen LogP contribution in [0.4, 0.5) is 0 Å². The number of aromatic nitrogens is 2. The highest BCUT2D eigenvalue weighted by atomic mass is 35.5. The third kappa shape index (κ3) is 2.74. The van der Waals surface area contributed by atoms with Crippen molar-refractivity contribution >= 4 is 23.2 Å². The summed E-state index contributed by atoms with van der Waals surface area (Å²) < 4.78 is 1.68. The summed E-state index contributed by atoms with van der Waals surface area (Å²) in [7, 11) is 0. The molecule has 1 fully saturated rings. The maximum atomic E-state index is 12.2. The molecule has 1 heterocycles. The number of rotatable bonds is 3. The molecule has 1 aromatic carbocycles. The van der Waals surface area contributed by atoms with Gasteiger partial charge in [0.2, 0.25) is 0 Å². The fraction of sp³-hybridized carbons (Fsp3) is 0.333. The van der Waals surface area contributed by atoms with Crippen molar-refractivity contribution < 1.29 is 0 Å². The minimum Gasteiger partial charge on any atom is -0.292 e. The van der Waals surface area contributed by atoms with E-state index in [0.29, 0.717) is 17.5 Å². The highest BCUT2D eigenvalue weighted by molar-refractivity contribution is 6.31. The number of benzene rings is 1. The van der Waals surface area contributed by atoms with Crippen molar-refractivity contribution in [2.24, 2.45) is 0 Å². The van der Waals surface area contributed by atoms with Crippen molar-refractivity contribution in [1.82, 2.24) is 9.55 Å². The third-order valence-corrected chi connectivity index (χ3v) is 4.03. The zero-order valence-corrected chi connectivity index (χ0v) is 12.6. The summed E-state index contributed by atoms with van der Waals surface area (Å²) in [5.74, 6) is 1.13. The van der Waals surface area contributed by atoms with E-state index in [1.165, 1.54) is 6.07 Å². The van der Waals surface area contributed by atoms with Gasteiger partial charge in [0.05, 0.1) is 6.54 Å². The predicted molar refractivity (Wildman–Crippen MR) is 80.8 cm³/mol. The van der Waals surface area contributed by atoms with E-state index >= 15 is 0 Å². The van der Waals surface area contributed by atoms with Crippen molar-refractivity contribution in [3.8, 4) is 0 Å². The Balaban J connectivity index is 2.04. The van der Waals surface area contributed by atoms with Gasteiger partial charge < -0.3 is 0 Å². The first-order chi connectivity index (χ1) is 9.54. The van der Waals surface area contributed by atoms with Crippen LogP contribution >= 0.6 is 23.2 Å². The fourth-order valence-corrected chi connectivity index (χ4v) is 2.73. The quantitative estimate of drug-likeness (QED) is 0.809. The van der Waals surface area contributed by atoms with Crippen molar-refractivity contribution in [3.05, 3.63) is 61.7 Å². The molecule has 0 bridgehead atoms. The second kappa shape index (κ2) is 5.23. The van der Waals surface area contributed by atoms with Crippen LogP contribution in [-0.2, 0) is 6.54 Å². The minimum atomic E-state index is -0.122. The first kappa shape index (κ1) is 13.7. The Hall–Kier alpha value is -1.32. The van der Waals surface area contributed by atoms with Crippen LogP contribution < -0.4 is 5.56 Å². The molecule has 5 heteroatoms. The second-order valence-corrected chi connectivity index (χ2v) is 6.03. The van der Waals surface area contributed by atoms with E-state index in [0.717, 1.165) is 29.8 Å². The third-order valence-electron chi connectivity index (χ3n) is 3.49. The molecule has 0 radical (unpaired) electrons. The van der Waals surface area contributed by atoms with Gasteiger partial charge in [0.1, 0.15) is 11.0 Å². The van der Waals surface area contributed by atoms with Gasteiger partial charge in [0, 0.05) is 17.0 Å². The Morgan fingerprint density at radius 1 is 1.30 bits per heavy atom. The zero-order chi connectivity index (χ0) is 14.3. The van der Waals surface area contributed by atoms with Crippen LogP contribution in [0, 0.1) is 6.92 Å². The topological polar surface area (TPSA) is 34.9 Å². The van der Waals surface area contributed by atoms with E-state index in [9.17, 15) is 4.79 Å². The summed E-state index contributed by atoms with van der Waals surface area (Å²) in [6, 6.07) is 7.21. The molecule has 0 saturated heterocycles. The molecule has 0 atom stereocenters. The molecule has 3 nitrogen and oxygen atoms in total. The molecule has 0 spiro atoms. The lowest BCUT2D eigenvalue weighted by Gasteiger charge is -2.13. The SMILES string of the molecule is Cc1ccc(Cn2c(C3CC3)nc(Cl)cc2=O)c(Cl)c1. The first-order valence-electron chi connectivity index (χ1n) is 6.57.